The summed E-state index contributed by atoms with van der Waals surface area (Å²) in [7, 11) is 3.01. The normalized spacial score (nSPS) is 11.8. The van der Waals surface area contributed by atoms with Gasteiger partial charge in [0.05, 0.1) is 11.1 Å². The van der Waals surface area contributed by atoms with Crippen LogP contribution in [0.2, 0.25) is 0 Å². The van der Waals surface area contributed by atoms with Gasteiger partial charge in [0.15, 0.2) is 5.78 Å². The van der Waals surface area contributed by atoms with E-state index in [2.05, 4.69) is 0 Å². The van der Waals surface area contributed by atoms with E-state index in [9.17, 15) is 27.6 Å². The molecule has 0 unspecified atom stereocenters. The van der Waals surface area contributed by atoms with Crippen molar-refractivity contribution >= 4 is 16.8 Å². The van der Waals surface area contributed by atoms with Crippen molar-refractivity contribution in [2.24, 2.45) is 14.1 Å². The van der Waals surface area contributed by atoms with Crippen LogP contribution in [0.5, 0.6) is 0 Å². The maximum absolute atomic E-state index is 12.7. The number of hydrogen-bond acceptors (Lipinski definition) is 3. The van der Waals surface area contributed by atoms with E-state index >= 15 is 0 Å². The Morgan fingerprint density at radius 2 is 1.41 bits per heavy atom. The second-order valence-corrected chi connectivity index (χ2v) is 7.48. The second-order valence-electron chi connectivity index (χ2n) is 7.48. The number of benzene rings is 2. The van der Waals surface area contributed by atoms with Crippen LogP contribution in [0.4, 0.5) is 13.2 Å². The first-order valence-electron chi connectivity index (χ1n) is 9.63. The lowest BCUT2D eigenvalue weighted by molar-refractivity contribution is -0.137. The molecule has 9 heteroatoms. The number of fused-ring (bicyclic) bond motifs is 1. The molecule has 0 saturated heterocycles. The zero-order valence-electron chi connectivity index (χ0n) is 17.2. The van der Waals surface area contributed by atoms with Crippen LogP contribution in [-0.4, -0.2) is 19.5 Å². The maximum atomic E-state index is 12.7. The summed E-state index contributed by atoms with van der Waals surface area (Å²) in [6, 6.07) is 12.4. The number of ketones is 1. The Hall–Kier alpha value is -3.88. The van der Waals surface area contributed by atoms with Gasteiger partial charge in [-0.1, -0.05) is 36.4 Å². The molecule has 0 N–H and O–H groups in total. The van der Waals surface area contributed by atoms with E-state index in [1.54, 1.807) is 48.1 Å². The van der Waals surface area contributed by atoms with E-state index in [1.165, 1.54) is 11.6 Å². The summed E-state index contributed by atoms with van der Waals surface area (Å²) in [5, 5.41) is 0. The molecule has 0 spiro atoms. The van der Waals surface area contributed by atoms with E-state index in [-0.39, 0.29) is 11.3 Å². The van der Waals surface area contributed by atoms with Gasteiger partial charge in [0, 0.05) is 38.0 Å². The highest BCUT2D eigenvalue weighted by molar-refractivity contribution is 6.09. The van der Waals surface area contributed by atoms with Crippen LogP contribution in [0.25, 0.3) is 11.0 Å². The number of nitrogens with zero attached hydrogens (tertiary/aromatic N) is 3. The van der Waals surface area contributed by atoms with Crippen molar-refractivity contribution in [3.8, 4) is 0 Å². The summed E-state index contributed by atoms with van der Waals surface area (Å²) in [5.41, 5.74) is 0.588. The fourth-order valence-electron chi connectivity index (χ4n) is 3.61. The van der Waals surface area contributed by atoms with Gasteiger partial charge in [-0.05, 0) is 23.8 Å². The molecule has 0 aliphatic rings. The third kappa shape index (κ3) is 3.66. The molecule has 2 aromatic carbocycles. The average molecular weight is 441 g/mol. The SMILES string of the molecule is Cn1c(=O)c2c(ccn2Cc2ccc(C(=O)c3ccc(C(F)(F)F)cc3)cc2)n(C)c1=O. The molecule has 164 valence electrons. The minimum absolute atomic E-state index is 0.159. The molecule has 0 bridgehead atoms. The molecule has 2 heterocycles. The van der Waals surface area contributed by atoms with Crippen LogP contribution in [0.3, 0.4) is 0 Å². The van der Waals surface area contributed by atoms with Crippen LogP contribution >= 0.6 is 0 Å². The predicted octanol–water partition coefficient (Wildman–Crippen LogP) is 3.34. The first kappa shape index (κ1) is 21.4. The smallest absolute Gasteiger partial charge is 0.337 e. The Labute approximate surface area is 179 Å². The lowest BCUT2D eigenvalue weighted by Crippen LogP contribution is -2.37. The highest BCUT2D eigenvalue weighted by Crippen LogP contribution is 2.29. The number of aryl methyl sites for hydroxylation is 1. The number of rotatable bonds is 4. The molecular weight excluding hydrogens is 423 g/mol. The zero-order chi connectivity index (χ0) is 23.2. The second kappa shape index (κ2) is 7.67. The van der Waals surface area contributed by atoms with Crippen molar-refractivity contribution in [2.45, 2.75) is 12.7 Å². The number of carbonyl (C=O) groups excluding carboxylic acids is 1. The van der Waals surface area contributed by atoms with Crippen LogP contribution in [0.1, 0.15) is 27.0 Å². The van der Waals surface area contributed by atoms with Crippen molar-refractivity contribution < 1.29 is 18.0 Å². The third-order valence-corrected chi connectivity index (χ3v) is 5.43. The molecule has 0 atom stereocenters. The Bertz CT molecular complexity index is 1440. The van der Waals surface area contributed by atoms with Gasteiger partial charge in [0.25, 0.3) is 5.56 Å². The summed E-state index contributed by atoms with van der Waals surface area (Å²) >= 11 is 0. The molecule has 0 amide bonds. The van der Waals surface area contributed by atoms with Gasteiger partial charge in [-0.2, -0.15) is 13.2 Å². The minimum atomic E-state index is -4.46. The predicted molar refractivity (Wildman–Crippen MR) is 113 cm³/mol. The fraction of sp³-hybridized carbons (Fsp3) is 0.174. The molecule has 0 saturated carbocycles. The molecule has 0 aliphatic heterocycles. The third-order valence-electron chi connectivity index (χ3n) is 5.43. The van der Waals surface area contributed by atoms with Crippen molar-refractivity contribution in [3.63, 3.8) is 0 Å². The monoisotopic (exact) mass is 441 g/mol. The Balaban J connectivity index is 1.59. The van der Waals surface area contributed by atoms with E-state index in [4.69, 9.17) is 0 Å². The van der Waals surface area contributed by atoms with E-state index in [0.29, 0.717) is 23.1 Å². The van der Waals surface area contributed by atoms with Gasteiger partial charge < -0.3 is 4.57 Å². The minimum Gasteiger partial charge on any atom is -0.337 e. The molecule has 32 heavy (non-hydrogen) atoms. The van der Waals surface area contributed by atoms with E-state index in [0.717, 1.165) is 34.4 Å². The lowest BCUT2D eigenvalue weighted by Gasteiger charge is -2.09. The van der Waals surface area contributed by atoms with Crippen LogP contribution in [-0.2, 0) is 26.8 Å². The lowest BCUT2D eigenvalue weighted by atomic mass is 10.0. The Kier molecular flexibility index (Phi) is 5.12. The molecule has 4 rings (SSSR count). The number of aromatic nitrogens is 3. The van der Waals surface area contributed by atoms with Crippen molar-refractivity contribution in [1.82, 2.24) is 13.7 Å². The average Bonchev–Trinajstić information content (AvgIpc) is 3.19. The van der Waals surface area contributed by atoms with Crippen molar-refractivity contribution in [1.29, 1.82) is 0 Å². The summed E-state index contributed by atoms with van der Waals surface area (Å²) in [6.45, 7) is 0.339. The number of halogens is 3. The topological polar surface area (TPSA) is 66.0 Å². The number of alkyl halides is 3. The largest absolute Gasteiger partial charge is 0.416 e. The van der Waals surface area contributed by atoms with Gasteiger partial charge >= 0.3 is 11.9 Å². The maximum Gasteiger partial charge on any atom is 0.416 e. The molecule has 6 nitrogen and oxygen atoms in total. The van der Waals surface area contributed by atoms with Gasteiger partial charge in [0.1, 0.15) is 5.52 Å². The molecule has 0 fully saturated rings. The highest BCUT2D eigenvalue weighted by Gasteiger charge is 2.30. The van der Waals surface area contributed by atoms with E-state index < -0.39 is 23.0 Å². The van der Waals surface area contributed by atoms with Gasteiger partial charge in [-0.25, -0.2) is 4.79 Å². The molecular formula is C23H18F3N3O3. The van der Waals surface area contributed by atoms with Gasteiger partial charge in [0.2, 0.25) is 0 Å². The van der Waals surface area contributed by atoms with Crippen LogP contribution < -0.4 is 11.2 Å². The van der Waals surface area contributed by atoms with Crippen molar-refractivity contribution in [2.75, 3.05) is 0 Å². The summed E-state index contributed by atoms with van der Waals surface area (Å²) in [5.74, 6) is -0.388. The summed E-state index contributed by atoms with van der Waals surface area (Å²) in [6.07, 6.45) is -2.74. The summed E-state index contributed by atoms with van der Waals surface area (Å²) < 4.78 is 42.3. The standard InChI is InChI=1S/C23H18F3N3O3/c1-27-18-11-12-29(19(18)21(31)28(2)22(27)32)13-14-3-5-15(6-4-14)20(30)16-7-9-17(10-8-16)23(24,25)26/h3-12H,13H2,1-2H3. The van der Waals surface area contributed by atoms with Crippen molar-refractivity contribution in [3.05, 3.63) is 104 Å². The van der Waals surface area contributed by atoms with Crippen LogP contribution in [0, 0.1) is 0 Å². The quantitative estimate of drug-likeness (QED) is 0.457. The molecule has 0 radical (unpaired) electrons. The van der Waals surface area contributed by atoms with Gasteiger partial charge in [-0.15, -0.1) is 0 Å². The molecule has 0 aliphatic carbocycles. The number of hydrogen-bond donors (Lipinski definition) is 0. The van der Waals surface area contributed by atoms with E-state index in [1.807, 2.05) is 0 Å². The first-order chi connectivity index (χ1) is 15.1. The Morgan fingerprint density at radius 3 is 1.97 bits per heavy atom. The summed E-state index contributed by atoms with van der Waals surface area (Å²) in [4.78, 5) is 37.3. The zero-order valence-corrected chi connectivity index (χ0v) is 17.2. The van der Waals surface area contributed by atoms with Gasteiger partial charge in [-0.3, -0.25) is 18.7 Å². The highest BCUT2D eigenvalue weighted by atomic mass is 19.4. The van der Waals surface area contributed by atoms with Crippen LogP contribution in [0.15, 0.2) is 70.4 Å². The Morgan fingerprint density at radius 1 is 0.844 bits per heavy atom. The first-order valence-corrected chi connectivity index (χ1v) is 9.63. The molecule has 4 aromatic rings. The molecule has 2 aromatic heterocycles. The number of carbonyl (C=O) groups is 1. The fourth-order valence-corrected chi connectivity index (χ4v) is 3.61.